The van der Waals surface area contributed by atoms with Crippen LogP contribution in [0.15, 0.2) is 32.3 Å². The fourth-order valence-electron chi connectivity index (χ4n) is 4.25. The van der Waals surface area contributed by atoms with E-state index in [1.54, 1.807) is 13.1 Å². The molecule has 2 aliphatic rings. The lowest BCUT2D eigenvalue weighted by Crippen LogP contribution is -2.46. The number of oxazole rings is 1. The van der Waals surface area contributed by atoms with Gasteiger partial charge in [0.2, 0.25) is 15.9 Å². The summed E-state index contributed by atoms with van der Waals surface area (Å²) in [4.78, 5) is 26.5. The minimum atomic E-state index is -3.70. The first kappa shape index (κ1) is 20.2. The molecule has 0 aliphatic carbocycles. The highest BCUT2D eigenvalue weighted by Gasteiger charge is 2.34. The Hall–Kier alpha value is -2.13. The van der Waals surface area contributed by atoms with Gasteiger partial charge < -0.3 is 9.32 Å². The van der Waals surface area contributed by atoms with Gasteiger partial charge >= 0.3 is 5.76 Å². The predicted octanol–water partition coefficient (Wildman–Crippen LogP) is 1.79. The Morgan fingerprint density at radius 2 is 1.72 bits per heavy atom. The van der Waals surface area contributed by atoms with Gasteiger partial charge in [-0.15, -0.1) is 0 Å². The lowest BCUT2D eigenvalue weighted by atomic mass is 9.93. The summed E-state index contributed by atoms with van der Waals surface area (Å²) < 4.78 is 34.0. The van der Waals surface area contributed by atoms with Crippen LogP contribution >= 0.6 is 0 Å². The molecule has 0 radical (unpaired) electrons. The number of fused-ring (bicyclic) bond motifs is 1. The summed E-state index contributed by atoms with van der Waals surface area (Å²) in [6, 6.07) is 4.48. The van der Waals surface area contributed by atoms with E-state index < -0.39 is 15.8 Å². The van der Waals surface area contributed by atoms with Crippen LogP contribution in [0.5, 0.6) is 0 Å². The van der Waals surface area contributed by atoms with Gasteiger partial charge in [-0.1, -0.05) is 6.92 Å². The van der Waals surface area contributed by atoms with Gasteiger partial charge in [0.1, 0.15) is 0 Å². The molecule has 0 N–H and O–H groups in total. The number of rotatable bonds is 3. The average Bonchev–Trinajstić information content (AvgIpc) is 3.01. The second-order valence-electron chi connectivity index (χ2n) is 8.24. The van der Waals surface area contributed by atoms with Crippen LogP contribution < -0.4 is 5.76 Å². The van der Waals surface area contributed by atoms with Gasteiger partial charge in [-0.05, 0) is 43.7 Å². The first-order valence-electron chi connectivity index (χ1n) is 10.2. The number of aromatic nitrogens is 1. The average molecular weight is 422 g/mol. The number of carbonyl (C=O) groups excluding carboxylic acids is 1. The number of nitrogens with zero attached hydrogens (tertiary/aromatic N) is 3. The Kier molecular flexibility index (Phi) is 5.29. The van der Waals surface area contributed by atoms with E-state index in [9.17, 15) is 18.0 Å². The van der Waals surface area contributed by atoms with E-state index in [2.05, 4.69) is 6.92 Å². The Morgan fingerprint density at radius 1 is 1.07 bits per heavy atom. The molecular formula is C20H27N3O5S. The third-order valence-electron chi connectivity index (χ3n) is 6.30. The van der Waals surface area contributed by atoms with Gasteiger partial charge in [0.25, 0.3) is 0 Å². The van der Waals surface area contributed by atoms with Crippen LogP contribution in [0.2, 0.25) is 0 Å². The van der Waals surface area contributed by atoms with Crippen molar-refractivity contribution < 1.29 is 17.6 Å². The van der Waals surface area contributed by atoms with Crippen molar-refractivity contribution >= 4 is 27.0 Å². The third-order valence-corrected chi connectivity index (χ3v) is 8.19. The van der Waals surface area contributed by atoms with Crippen LogP contribution in [-0.2, 0) is 21.9 Å². The zero-order valence-electron chi connectivity index (χ0n) is 16.8. The Balaban J connectivity index is 1.45. The van der Waals surface area contributed by atoms with Crippen molar-refractivity contribution in [1.29, 1.82) is 0 Å². The first-order valence-corrected chi connectivity index (χ1v) is 11.6. The van der Waals surface area contributed by atoms with Crippen LogP contribution in [0.4, 0.5) is 0 Å². The number of aryl methyl sites for hydroxylation is 1. The van der Waals surface area contributed by atoms with E-state index in [-0.39, 0.29) is 22.3 Å². The lowest BCUT2D eigenvalue weighted by Gasteiger charge is -2.36. The van der Waals surface area contributed by atoms with E-state index in [0.717, 1.165) is 25.9 Å². The van der Waals surface area contributed by atoms with Crippen LogP contribution in [0, 0.1) is 11.8 Å². The van der Waals surface area contributed by atoms with E-state index in [1.165, 1.54) is 21.0 Å². The van der Waals surface area contributed by atoms with Gasteiger partial charge in [-0.25, -0.2) is 13.2 Å². The molecule has 0 bridgehead atoms. The van der Waals surface area contributed by atoms with Crippen molar-refractivity contribution in [2.24, 2.45) is 18.9 Å². The maximum atomic E-state index is 13.0. The fourth-order valence-corrected chi connectivity index (χ4v) is 5.74. The molecule has 8 nitrogen and oxygen atoms in total. The van der Waals surface area contributed by atoms with Crippen molar-refractivity contribution in [3.8, 4) is 0 Å². The number of carbonyl (C=O) groups is 1. The summed E-state index contributed by atoms with van der Waals surface area (Å²) in [7, 11) is -2.12. The molecule has 1 amide bonds. The minimum Gasteiger partial charge on any atom is -0.408 e. The van der Waals surface area contributed by atoms with E-state index in [0.29, 0.717) is 37.4 Å². The highest BCUT2D eigenvalue weighted by Crippen LogP contribution is 2.28. The molecule has 3 heterocycles. The van der Waals surface area contributed by atoms with Crippen molar-refractivity contribution in [2.45, 2.75) is 37.5 Å². The van der Waals surface area contributed by atoms with Gasteiger partial charge in [-0.3, -0.25) is 9.36 Å². The summed E-state index contributed by atoms with van der Waals surface area (Å²) in [5.74, 6) is 0.198. The normalized spacial score (nSPS) is 20.4. The molecule has 29 heavy (non-hydrogen) atoms. The maximum Gasteiger partial charge on any atom is 0.419 e. The van der Waals surface area contributed by atoms with Crippen LogP contribution in [0.3, 0.4) is 0 Å². The topological polar surface area (TPSA) is 92.8 Å². The summed E-state index contributed by atoms with van der Waals surface area (Å²) in [6.45, 7) is 4.46. The van der Waals surface area contributed by atoms with Crippen molar-refractivity contribution in [3.63, 3.8) is 0 Å². The Morgan fingerprint density at radius 3 is 2.38 bits per heavy atom. The monoisotopic (exact) mass is 421 g/mol. The van der Waals surface area contributed by atoms with E-state index in [1.807, 2.05) is 4.90 Å². The van der Waals surface area contributed by atoms with Gasteiger partial charge in [-0.2, -0.15) is 4.31 Å². The maximum absolute atomic E-state index is 13.0. The molecule has 1 aromatic heterocycles. The summed E-state index contributed by atoms with van der Waals surface area (Å²) in [5, 5.41) is 0. The van der Waals surface area contributed by atoms with E-state index in [4.69, 9.17) is 4.42 Å². The molecule has 1 aromatic carbocycles. The van der Waals surface area contributed by atoms with Crippen LogP contribution in [0.1, 0.15) is 32.6 Å². The lowest BCUT2D eigenvalue weighted by molar-refractivity contribution is -0.138. The quantitative estimate of drug-likeness (QED) is 0.753. The highest BCUT2D eigenvalue weighted by molar-refractivity contribution is 7.89. The van der Waals surface area contributed by atoms with E-state index >= 15 is 0 Å². The first-order chi connectivity index (χ1) is 13.8. The smallest absolute Gasteiger partial charge is 0.408 e. The van der Waals surface area contributed by atoms with Crippen molar-refractivity contribution in [2.75, 3.05) is 26.2 Å². The molecular weight excluding hydrogens is 394 g/mol. The molecule has 2 aliphatic heterocycles. The molecule has 2 saturated heterocycles. The molecule has 0 atom stereocenters. The molecule has 4 rings (SSSR count). The van der Waals surface area contributed by atoms with Crippen LogP contribution in [0.25, 0.3) is 11.1 Å². The number of piperidine rings is 2. The second kappa shape index (κ2) is 7.60. The standard InChI is InChI=1S/C20H27N3O5S/c1-14-5-9-22(10-6-14)19(24)15-7-11-23(12-8-15)29(26,27)16-3-4-17-18(13-16)28-20(25)21(17)2/h3-4,13-15H,5-12H2,1-2H3. The molecule has 158 valence electrons. The van der Waals surface area contributed by atoms with Gasteiger partial charge in [0.15, 0.2) is 5.58 Å². The summed E-state index contributed by atoms with van der Waals surface area (Å²) >= 11 is 0. The molecule has 9 heteroatoms. The van der Waals surface area contributed by atoms with Crippen molar-refractivity contribution in [1.82, 2.24) is 13.8 Å². The number of benzene rings is 1. The molecule has 0 unspecified atom stereocenters. The number of hydrogen-bond donors (Lipinski definition) is 0. The zero-order chi connectivity index (χ0) is 20.8. The van der Waals surface area contributed by atoms with Gasteiger partial charge in [0.05, 0.1) is 10.4 Å². The van der Waals surface area contributed by atoms with Crippen LogP contribution in [-0.4, -0.2) is 54.3 Å². The van der Waals surface area contributed by atoms with Gasteiger partial charge in [0, 0.05) is 45.2 Å². The second-order valence-corrected chi connectivity index (χ2v) is 10.2. The largest absolute Gasteiger partial charge is 0.419 e. The SMILES string of the molecule is CC1CCN(C(=O)C2CCN(S(=O)(=O)c3ccc4c(c3)oc(=O)n4C)CC2)CC1. The molecule has 2 aromatic rings. The third kappa shape index (κ3) is 3.73. The minimum absolute atomic E-state index is 0.106. The fraction of sp³-hybridized carbons (Fsp3) is 0.600. The number of likely N-dealkylation sites (tertiary alicyclic amines) is 1. The van der Waals surface area contributed by atoms with Crippen molar-refractivity contribution in [3.05, 3.63) is 28.7 Å². The molecule has 0 saturated carbocycles. The predicted molar refractivity (Wildman–Crippen MR) is 108 cm³/mol. The Bertz CT molecular complexity index is 1070. The Labute approximate surface area is 170 Å². The number of sulfonamides is 1. The summed E-state index contributed by atoms with van der Waals surface area (Å²) in [5.41, 5.74) is 0.803. The molecule has 2 fully saturated rings. The zero-order valence-corrected chi connectivity index (χ0v) is 17.7. The number of hydrogen-bond acceptors (Lipinski definition) is 5. The highest BCUT2D eigenvalue weighted by atomic mass is 32.2. The molecule has 0 spiro atoms. The number of amides is 1. The summed E-state index contributed by atoms with van der Waals surface area (Å²) in [6.07, 6.45) is 3.15.